The van der Waals surface area contributed by atoms with Crippen LogP contribution in [0.15, 0.2) is 34.9 Å². The van der Waals surface area contributed by atoms with E-state index in [1.165, 1.54) is 16.7 Å². The fourth-order valence-electron chi connectivity index (χ4n) is 1.55. The van der Waals surface area contributed by atoms with Crippen LogP contribution in [0.4, 0.5) is 0 Å². The highest BCUT2D eigenvalue weighted by molar-refractivity contribution is 7.17. The molecular weight excluding hydrogens is 243 g/mol. The molecular formula is C15H25O2P. The molecule has 0 aromatic heterocycles. The van der Waals surface area contributed by atoms with Gasteiger partial charge in [-0.15, -0.1) is 0 Å². The maximum absolute atomic E-state index is 10.1. The molecule has 0 saturated carbocycles. The molecule has 0 rings (SSSR count). The van der Waals surface area contributed by atoms with Gasteiger partial charge >= 0.3 is 8.69 Å². The van der Waals surface area contributed by atoms with Gasteiger partial charge in [-0.25, -0.2) is 4.57 Å². The molecule has 0 radical (unpaired) electrons. The molecule has 18 heavy (non-hydrogen) atoms. The van der Waals surface area contributed by atoms with Gasteiger partial charge in [0.05, 0.1) is 6.61 Å². The lowest BCUT2D eigenvalue weighted by Crippen LogP contribution is -1.83. The molecule has 0 atom stereocenters. The zero-order valence-corrected chi connectivity index (χ0v) is 12.9. The van der Waals surface area contributed by atoms with Gasteiger partial charge in [-0.05, 0) is 53.4 Å². The summed E-state index contributed by atoms with van der Waals surface area (Å²) >= 11 is 0. The highest BCUT2D eigenvalue weighted by Gasteiger charge is 1.92. The Hall–Kier alpha value is -0.720. The number of hydrogen-bond acceptors (Lipinski definition) is 2. The lowest BCUT2D eigenvalue weighted by atomic mass is 10.1. The molecule has 0 amide bonds. The standard InChI is InChI=1S/C15H25O2P/c1-13(2)7-5-8-14(3)9-6-10-15(4)11-12-17-18-16/h7,9,11H,5-6,8,10,12H2,1-4H3/b14-9+,15-11+. The molecule has 0 unspecified atom stereocenters. The van der Waals surface area contributed by atoms with Gasteiger partial charge in [0.1, 0.15) is 0 Å². The van der Waals surface area contributed by atoms with E-state index < -0.39 is 0 Å². The van der Waals surface area contributed by atoms with Crippen molar-refractivity contribution in [1.29, 1.82) is 0 Å². The first-order valence-corrected chi connectivity index (χ1v) is 7.18. The molecule has 0 spiro atoms. The van der Waals surface area contributed by atoms with Crippen LogP contribution in [-0.2, 0) is 9.09 Å². The Kier molecular flexibility index (Phi) is 10.9. The molecule has 0 heterocycles. The minimum Gasteiger partial charge on any atom is -0.290 e. The number of rotatable bonds is 9. The normalized spacial score (nSPS) is 12.9. The molecule has 0 saturated heterocycles. The van der Waals surface area contributed by atoms with Crippen LogP contribution < -0.4 is 0 Å². The molecule has 0 aliphatic carbocycles. The zero-order chi connectivity index (χ0) is 13.8. The topological polar surface area (TPSA) is 26.3 Å². The first kappa shape index (κ1) is 17.3. The van der Waals surface area contributed by atoms with Gasteiger partial charge in [-0.3, -0.25) is 4.52 Å². The van der Waals surface area contributed by atoms with Crippen molar-refractivity contribution in [3.63, 3.8) is 0 Å². The van der Waals surface area contributed by atoms with Crippen molar-refractivity contribution in [2.24, 2.45) is 0 Å². The smallest absolute Gasteiger partial charge is 0.290 e. The van der Waals surface area contributed by atoms with Crippen molar-refractivity contribution < 1.29 is 9.09 Å². The summed E-state index contributed by atoms with van der Waals surface area (Å²) in [7, 11) is -0.244. The molecule has 0 aliphatic rings. The summed E-state index contributed by atoms with van der Waals surface area (Å²) in [5.41, 5.74) is 4.13. The second-order valence-corrected chi connectivity index (χ2v) is 5.24. The Bertz CT molecular complexity index is 323. The molecule has 2 nitrogen and oxygen atoms in total. The predicted molar refractivity (Wildman–Crippen MR) is 79.0 cm³/mol. The minimum atomic E-state index is -0.244. The Labute approximate surface area is 113 Å². The van der Waals surface area contributed by atoms with E-state index in [2.05, 4.69) is 39.8 Å². The van der Waals surface area contributed by atoms with Gasteiger partial charge in [0.2, 0.25) is 0 Å². The highest BCUT2D eigenvalue weighted by atomic mass is 31.1. The molecule has 0 bridgehead atoms. The van der Waals surface area contributed by atoms with E-state index in [1.54, 1.807) is 0 Å². The third kappa shape index (κ3) is 11.8. The van der Waals surface area contributed by atoms with E-state index in [-0.39, 0.29) is 8.69 Å². The SMILES string of the molecule is CC(C)=CCC/C(C)=C/CC/C(C)=C/COP=O. The second-order valence-electron chi connectivity index (χ2n) is 4.83. The van der Waals surface area contributed by atoms with Crippen LogP contribution in [0.2, 0.25) is 0 Å². The van der Waals surface area contributed by atoms with Gasteiger partial charge in [-0.1, -0.05) is 34.9 Å². The van der Waals surface area contributed by atoms with E-state index in [4.69, 9.17) is 4.52 Å². The average Bonchev–Trinajstić information content (AvgIpc) is 2.29. The van der Waals surface area contributed by atoms with Crippen LogP contribution in [0.1, 0.15) is 53.4 Å². The Morgan fingerprint density at radius 3 is 2.06 bits per heavy atom. The first-order valence-electron chi connectivity index (χ1n) is 6.45. The minimum absolute atomic E-state index is 0.244. The third-order valence-electron chi connectivity index (χ3n) is 2.68. The summed E-state index contributed by atoms with van der Waals surface area (Å²) in [5, 5.41) is 0. The van der Waals surface area contributed by atoms with Crippen molar-refractivity contribution in [3.8, 4) is 0 Å². The highest BCUT2D eigenvalue weighted by Crippen LogP contribution is 2.11. The van der Waals surface area contributed by atoms with Crippen LogP contribution in [0.25, 0.3) is 0 Å². The Balaban J connectivity index is 3.82. The fourth-order valence-corrected chi connectivity index (χ4v) is 1.68. The van der Waals surface area contributed by atoms with Crippen LogP contribution >= 0.6 is 8.69 Å². The lowest BCUT2D eigenvalue weighted by Gasteiger charge is -2.01. The van der Waals surface area contributed by atoms with Gasteiger partial charge in [0.25, 0.3) is 0 Å². The van der Waals surface area contributed by atoms with E-state index in [1.807, 2.05) is 6.08 Å². The lowest BCUT2D eigenvalue weighted by molar-refractivity contribution is 0.386. The van der Waals surface area contributed by atoms with E-state index in [0.717, 1.165) is 25.7 Å². The van der Waals surface area contributed by atoms with E-state index in [9.17, 15) is 4.57 Å². The number of allylic oxidation sites excluding steroid dienone is 5. The summed E-state index contributed by atoms with van der Waals surface area (Å²) < 4.78 is 14.8. The summed E-state index contributed by atoms with van der Waals surface area (Å²) in [6.45, 7) is 8.97. The second kappa shape index (κ2) is 11.4. The van der Waals surface area contributed by atoms with Crippen molar-refractivity contribution in [3.05, 3.63) is 34.9 Å². The van der Waals surface area contributed by atoms with Crippen LogP contribution in [0.3, 0.4) is 0 Å². The van der Waals surface area contributed by atoms with Gasteiger partial charge in [0, 0.05) is 0 Å². The predicted octanol–water partition coefficient (Wildman–Crippen LogP) is 5.63. The van der Waals surface area contributed by atoms with Gasteiger partial charge in [-0.2, -0.15) is 0 Å². The fraction of sp³-hybridized carbons (Fsp3) is 0.600. The monoisotopic (exact) mass is 268 g/mol. The largest absolute Gasteiger partial charge is 0.327 e. The molecule has 0 aromatic carbocycles. The van der Waals surface area contributed by atoms with Crippen LogP contribution in [0.5, 0.6) is 0 Å². The average molecular weight is 268 g/mol. The van der Waals surface area contributed by atoms with Crippen molar-refractivity contribution in [1.82, 2.24) is 0 Å². The van der Waals surface area contributed by atoms with E-state index in [0.29, 0.717) is 6.61 Å². The van der Waals surface area contributed by atoms with Crippen LogP contribution in [0, 0.1) is 0 Å². The molecule has 0 N–H and O–H groups in total. The summed E-state index contributed by atoms with van der Waals surface area (Å²) in [5.74, 6) is 0. The molecule has 102 valence electrons. The Morgan fingerprint density at radius 1 is 0.944 bits per heavy atom. The van der Waals surface area contributed by atoms with Gasteiger partial charge in [0.15, 0.2) is 0 Å². The van der Waals surface area contributed by atoms with Crippen molar-refractivity contribution in [2.45, 2.75) is 53.4 Å². The molecule has 0 aromatic rings. The van der Waals surface area contributed by atoms with E-state index >= 15 is 0 Å². The summed E-state index contributed by atoms with van der Waals surface area (Å²) in [4.78, 5) is 0. The maximum atomic E-state index is 10.1. The van der Waals surface area contributed by atoms with Crippen LogP contribution in [-0.4, -0.2) is 6.61 Å². The third-order valence-corrected chi connectivity index (χ3v) is 2.94. The van der Waals surface area contributed by atoms with Gasteiger partial charge < -0.3 is 0 Å². The number of hydrogen-bond donors (Lipinski definition) is 0. The Morgan fingerprint density at radius 2 is 1.50 bits per heavy atom. The first-order chi connectivity index (χ1) is 8.56. The maximum Gasteiger partial charge on any atom is 0.327 e. The van der Waals surface area contributed by atoms with Crippen molar-refractivity contribution >= 4 is 8.69 Å². The zero-order valence-electron chi connectivity index (χ0n) is 12.0. The molecule has 0 fully saturated rings. The molecule has 3 heteroatoms. The summed E-state index contributed by atoms with van der Waals surface area (Å²) in [6.07, 6.45) is 11.0. The molecule has 0 aliphatic heterocycles. The quantitative estimate of drug-likeness (QED) is 0.308. The summed E-state index contributed by atoms with van der Waals surface area (Å²) in [6, 6.07) is 0. The van der Waals surface area contributed by atoms with Crippen molar-refractivity contribution in [2.75, 3.05) is 6.61 Å².